The quantitative estimate of drug-likeness (QED) is 0.360. The number of primary amides is 1. The molecule has 200 valence electrons. The van der Waals surface area contributed by atoms with Crippen LogP contribution in [0.5, 0.6) is 5.75 Å². The number of aryl methyl sites for hydroxylation is 1. The van der Waals surface area contributed by atoms with Gasteiger partial charge >= 0.3 is 6.09 Å². The lowest BCUT2D eigenvalue weighted by Crippen LogP contribution is -2.54. The summed E-state index contributed by atoms with van der Waals surface area (Å²) in [5.41, 5.74) is 4.84. The molecule has 0 aliphatic carbocycles. The first-order chi connectivity index (χ1) is 16.4. The Hall–Kier alpha value is -3.56. The number of phenols is 1. The van der Waals surface area contributed by atoms with Crippen LogP contribution in [0.1, 0.15) is 71.6 Å². The Morgan fingerprint density at radius 2 is 1.78 bits per heavy atom. The Labute approximate surface area is 213 Å². The summed E-state index contributed by atoms with van der Waals surface area (Å²) in [5, 5.41) is 15.4. The summed E-state index contributed by atoms with van der Waals surface area (Å²) in [5.74, 6) is -1.69. The minimum absolute atomic E-state index is 0.0376. The van der Waals surface area contributed by atoms with Crippen molar-refractivity contribution in [1.82, 2.24) is 15.5 Å². The highest BCUT2D eigenvalue weighted by atomic mass is 16.6. The number of amides is 4. The summed E-state index contributed by atoms with van der Waals surface area (Å²) in [4.78, 5) is 52.5. The van der Waals surface area contributed by atoms with Crippen LogP contribution in [0.2, 0.25) is 0 Å². The summed E-state index contributed by atoms with van der Waals surface area (Å²) in [6.07, 6.45) is 0.343. The molecule has 1 aromatic carbocycles. The van der Waals surface area contributed by atoms with E-state index in [1.54, 1.807) is 39.8 Å². The summed E-state index contributed by atoms with van der Waals surface area (Å²) in [6, 6.07) is 2.30. The molecule has 0 saturated carbocycles. The number of aromatic hydroxyl groups is 1. The van der Waals surface area contributed by atoms with E-state index in [4.69, 9.17) is 10.5 Å². The van der Waals surface area contributed by atoms with Gasteiger partial charge in [0, 0.05) is 18.5 Å². The van der Waals surface area contributed by atoms with E-state index in [-0.39, 0.29) is 25.1 Å². The molecule has 0 heterocycles. The molecule has 10 heteroatoms. The predicted molar refractivity (Wildman–Crippen MR) is 137 cm³/mol. The molecular formula is C26H40N4O6. The number of hydrogen-bond acceptors (Lipinski definition) is 6. The SMILES string of the molecule is C=CCN(C(=O)C(CCC(N)=O)NC(=O)OC(C)(C)C)C(C(=O)NC(C)(C)C)c1ccc(O)c(C)c1. The first-order valence-electron chi connectivity index (χ1n) is 11.8. The third kappa shape index (κ3) is 9.97. The second-order valence-corrected chi connectivity index (χ2v) is 10.7. The molecule has 5 N–H and O–H groups in total. The molecule has 0 saturated heterocycles. The molecule has 0 aliphatic heterocycles. The van der Waals surface area contributed by atoms with E-state index in [0.29, 0.717) is 11.1 Å². The number of benzene rings is 1. The van der Waals surface area contributed by atoms with Gasteiger partial charge in [-0.25, -0.2) is 4.79 Å². The summed E-state index contributed by atoms with van der Waals surface area (Å²) >= 11 is 0. The van der Waals surface area contributed by atoms with Crippen LogP contribution in [-0.4, -0.2) is 57.5 Å². The summed E-state index contributed by atoms with van der Waals surface area (Å²) in [7, 11) is 0. The minimum atomic E-state index is -1.20. The Balaban J connectivity index is 3.53. The fourth-order valence-electron chi connectivity index (χ4n) is 3.42. The molecule has 0 aliphatic rings. The first kappa shape index (κ1) is 30.5. The van der Waals surface area contributed by atoms with Gasteiger partial charge in [0.15, 0.2) is 0 Å². The molecule has 0 radical (unpaired) electrons. The van der Waals surface area contributed by atoms with E-state index >= 15 is 0 Å². The van der Waals surface area contributed by atoms with Gasteiger partial charge < -0.3 is 31.1 Å². The largest absolute Gasteiger partial charge is 0.508 e. The number of nitrogens with two attached hydrogens (primary N) is 1. The highest BCUT2D eigenvalue weighted by Crippen LogP contribution is 2.28. The molecule has 1 rings (SSSR count). The Kier molecular flexibility index (Phi) is 10.5. The van der Waals surface area contributed by atoms with Gasteiger partial charge in [0.1, 0.15) is 23.4 Å². The van der Waals surface area contributed by atoms with Crippen molar-refractivity contribution in [2.24, 2.45) is 5.73 Å². The summed E-state index contributed by atoms with van der Waals surface area (Å²) < 4.78 is 5.29. The van der Waals surface area contributed by atoms with Crippen LogP contribution in [-0.2, 0) is 19.1 Å². The van der Waals surface area contributed by atoms with Gasteiger partial charge in [-0.15, -0.1) is 6.58 Å². The van der Waals surface area contributed by atoms with E-state index < -0.39 is 47.0 Å². The van der Waals surface area contributed by atoms with E-state index in [1.165, 1.54) is 17.0 Å². The molecule has 0 fully saturated rings. The average molecular weight is 505 g/mol. The minimum Gasteiger partial charge on any atom is -0.508 e. The molecule has 2 unspecified atom stereocenters. The van der Waals surface area contributed by atoms with Crippen LogP contribution < -0.4 is 16.4 Å². The topological polar surface area (TPSA) is 151 Å². The summed E-state index contributed by atoms with van der Waals surface area (Å²) in [6.45, 7) is 15.8. The lowest BCUT2D eigenvalue weighted by atomic mass is 9.98. The molecule has 0 bridgehead atoms. The molecule has 0 spiro atoms. The van der Waals surface area contributed by atoms with Gasteiger partial charge in [-0.1, -0.05) is 12.1 Å². The molecule has 10 nitrogen and oxygen atoms in total. The Morgan fingerprint density at radius 3 is 2.25 bits per heavy atom. The molecular weight excluding hydrogens is 464 g/mol. The normalized spacial score (nSPS) is 13.2. The van der Waals surface area contributed by atoms with Gasteiger partial charge in [0.05, 0.1) is 0 Å². The number of nitrogens with zero attached hydrogens (tertiary/aromatic N) is 1. The highest BCUT2D eigenvalue weighted by Gasteiger charge is 2.37. The maximum Gasteiger partial charge on any atom is 0.408 e. The maximum atomic E-state index is 13.8. The first-order valence-corrected chi connectivity index (χ1v) is 11.8. The van der Waals surface area contributed by atoms with Crippen LogP contribution in [0.15, 0.2) is 30.9 Å². The number of hydrogen-bond donors (Lipinski definition) is 4. The van der Waals surface area contributed by atoms with Crippen molar-refractivity contribution in [2.75, 3.05) is 6.54 Å². The zero-order valence-corrected chi connectivity index (χ0v) is 22.3. The average Bonchev–Trinajstić information content (AvgIpc) is 2.70. The fraction of sp³-hybridized carbons (Fsp3) is 0.538. The van der Waals surface area contributed by atoms with Crippen LogP contribution in [0.4, 0.5) is 4.79 Å². The van der Waals surface area contributed by atoms with Crippen molar-refractivity contribution in [3.8, 4) is 5.75 Å². The second kappa shape index (κ2) is 12.4. The number of carbonyl (C=O) groups excluding carboxylic acids is 4. The van der Waals surface area contributed by atoms with Crippen LogP contribution >= 0.6 is 0 Å². The third-order valence-corrected chi connectivity index (χ3v) is 4.87. The number of rotatable bonds is 10. The van der Waals surface area contributed by atoms with E-state index in [9.17, 15) is 24.3 Å². The maximum absolute atomic E-state index is 13.8. The predicted octanol–water partition coefficient (Wildman–Crippen LogP) is 2.83. The van der Waals surface area contributed by atoms with Crippen molar-refractivity contribution in [3.05, 3.63) is 42.0 Å². The van der Waals surface area contributed by atoms with E-state index in [0.717, 1.165) is 0 Å². The van der Waals surface area contributed by atoms with Gasteiger partial charge in [-0.05, 0) is 78.1 Å². The smallest absolute Gasteiger partial charge is 0.408 e. The van der Waals surface area contributed by atoms with Crippen molar-refractivity contribution in [3.63, 3.8) is 0 Å². The van der Waals surface area contributed by atoms with Crippen molar-refractivity contribution in [2.45, 2.75) is 84.5 Å². The Morgan fingerprint density at radius 1 is 1.17 bits per heavy atom. The second-order valence-electron chi connectivity index (χ2n) is 10.7. The highest BCUT2D eigenvalue weighted by molar-refractivity contribution is 5.92. The van der Waals surface area contributed by atoms with Gasteiger partial charge in [-0.3, -0.25) is 14.4 Å². The van der Waals surface area contributed by atoms with Crippen molar-refractivity contribution >= 4 is 23.8 Å². The number of nitrogens with one attached hydrogen (secondary N) is 2. The lowest BCUT2D eigenvalue weighted by molar-refractivity contribution is -0.142. The number of carbonyl (C=O) groups is 4. The number of ether oxygens (including phenoxy) is 1. The number of alkyl carbamates (subject to hydrolysis) is 1. The lowest BCUT2D eigenvalue weighted by Gasteiger charge is -2.35. The van der Waals surface area contributed by atoms with Gasteiger partial charge in [-0.2, -0.15) is 0 Å². The molecule has 1 aromatic rings. The third-order valence-electron chi connectivity index (χ3n) is 4.87. The van der Waals surface area contributed by atoms with E-state index in [1.807, 2.05) is 20.8 Å². The van der Waals surface area contributed by atoms with E-state index in [2.05, 4.69) is 17.2 Å². The van der Waals surface area contributed by atoms with Gasteiger partial charge in [0.25, 0.3) is 0 Å². The van der Waals surface area contributed by atoms with Crippen LogP contribution in [0.3, 0.4) is 0 Å². The van der Waals surface area contributed by atoms with Crippen LogP contribution in [0, 0.1) is 6.92 Å². The molecule has 36 heavy (non-hydrogen) atoms. The Bertz CT molecular complexity index is 978. The van der Waals surface area contributed by atoms with Crippen LogP contribution in [0.25, 0.3) is 0 Å². The molecule has 0 aromatic heterocycles. The fourth-order valence-corrected chi connectivity index (χ4v) is 3.42. The number of phenolic OH excluding ortho intramolecular Hbond substituents is 1. The molecule has 4 amide bonds. The van der Waals surface area contributed by atoms with Crippen molar-refractivity contribution < 1.29 is 29.0 Å². The van der Waals surface area contributed by atoms with Crippen molar-refractivity contribution in [1.29, 1.82) is 0 Å². The molecule has 2 atom stereocenters. The standard InChI is InChI=1S/C26H40N4O6/c1-9-14-30(23(34)18(11-13-20(27)32)28-24(35)36-26(6,7)8)21(22(33)29-25(3,4)5)17-10-12-19(31)16(2)15-17/h9-10,12,15,18,21,31H,1,11,13-14H2,2-8H3,(H2,27,32)(H,28,35)(H,29,33). The monoisotopic (exact) mass is 504 g/mol. The zero-order valence-electron chi connectivity index (χ0n) is 22.3. The zero-order chi connectivity index (χ0) is 27.8. The van der Waals surface area contributed by atoms with Gasteiger partial charge in [0.2, 0.25) is 17.7 Å².